The molecule has 194 valence electrons. The van der Waals surface area contributed by atoms with Crippen LogP contribution in [0.4, 0.5) is 0 Å². The normalized spacial score (nSPS) is 11.8. The molecule has 0 amide bonds. The zero-order valence-corrected chi connectivity index (χ0v) is 22.6. The van der Waals surface area contributed by atoms with Gasteiger partial charge in [-0.05, 0) is 59.1 Å². The first-order chi connectivity index (χ1) is 17.0. The summed E-state index contributed by atoms with van der Waals surface area (Å²) in [7, 11) is 2.76. The fourth-order valence-corrected chi connectivity index (χ4v) is 3.80. The van der Waals surface area contributed by atoms with Crippen LogP contribution in [-0.2, 0) is 10.8 Å². The first-order valence-corrected chi connectivity index (χ1v) is 12.3. The second-order valence-electron chi connectivity index (χ2n) is 10.1. The first-order valence-electron chi connectivity index (χ1n) is 12.3. The van der Waals surface area contributed by atoms with Gasteiger partial charge in [-0.25, -0.2) is 0 Å². The zero-order valence-electron chi connectivity index (χ0n) is 22.6. The summed E-state index contributed by atoms with van der Waals surface area (Å²) in [5.74, 6) is -0.00167. The predicted octanol–water partition coefficient (Wildman–Crippen LogP) is 8.07. The van der Waals surface area contributed by atoms with Crippen molar-refractivity contribution in [2.45, 2.75) is 65.2 Å². The highest BCUT2D eigenvalue weighted by Gasteiger charge is 2.29. The predicted molar refractivity (Wildman–Crippen MR) is 143 cm³/mol. The van der Waals surface area contributed by atoms with Crippen LogP contribution in [0.5, 0.6) is 46.0 Å². The smallest absolute Gasteiger partial charge is 0.218 e. The summed E-state index contributed by atoms with van der Waals surface area (Å²) >= 11 is 0. The highest BCUT2D eigenvalue weighted by Crippen LogP contribution is 2.58. The summed E-state index contributed by atoms with van der Waals surface area (Å²) < 4.78 is 22.7. The molecule has 36 heavy (non-hydrogen) atoms. The quantitative estimate of drug-likeness (QED) is 0.277. The molecule has 2 N–H and O–H groups in total. The van der Waals surface area contributed by atoms with Crippen molar-refractivity contribution >= 4 is 0 Å². The van der Waals surface area contributed by atoms with Gasteiger partial charge in [-0.15, -0.1) is 0 Å². The van der Waals surface area contributed by atoms with E-state index < -0.39 is 0 Å². The second-order valence-corrected chi connectivity index (χ2v) is 10.1. The van der Waals surface area contributed by atoms with E-state index >= 15 is 0 Å². The van der Waals surface area contributed by atoms with Crippen molar-refractivity contribution < 1.29 is 29.2 Å². The molecule has 6 heteroatoms. The van der Waals surface area contributed by atoms with Gasteiger partial charge in [0.25, 0.3) is 0 Å². The Labute approximate surface area is 214 Å². The lowest BCUT2D eigenvalue weighted by atomic mass is 9.82. The molecule has 0 bridgehead atoms. The van der Waals surface area contributed by atoms with Crippen LogP contribution < -0.4 is 18.9 Å². The SMILES string of the molecule is CCC(C)(C)c1ccc(Oc2c(O)c(OC)c(Oc3ccc(C(C)(C)CC)cc3)c(O)c2OC)cc1. The topological polar surface area (TPSA) is 77.4 Å². The number of phenolic OH excluding ortho intramolecular Hbond substituents is 2. The Hall–Kier alpha value is -3.54. The lowest BCUT2D eigenvalue weighted by Crippen LogP contribution is -2.14. The van der Waals surface area contributed by atoms with Gasteiger partial charge in [-0.1, -0.05) is 65.8 Å². The van der Waals surface area contributed by atoms with E-state index in [9.17, 15) is 10.2 Å². The van der Waals surface area contributed by atoms with Gasteiger partial charge >= 0.3 is 0 Å². The standard InChI is InChI=1S/C30H38O6/c1-9-29(3,4)19-11-15-21(16-12-19)35-27-23(31)26(34-8)28(24(32)25(27)33-7)36-22-17-13-20(14-18-22)30(5,6)10-2/h11-18,31-32H,9-10H2,1-8H3. The number of rotatable bonds is 10. The Bertz CT molecular complexity index is 1080. The Morgan fingerprint density at radius 1 is 0.556 bits per heavy atom. The first kappa shape index (κ1) is 27.1. The van der Waals surface area contributed by atoms with Gasteiger partial charge in [-0.3, -0.25) is 0 Å². The molecule has 3 aromatic rings. The van der Waals surface area contributed by atoms with Gasteiger partial charge in [0.1, 0.15) is 11.5 Å². The second kappa shape index (κ2) is 10.6. The maximum absolute atomic E-state index is 11.0. The van der Waals surface area contributed by atoms with Crippen molar-refractivity contribution in [3.63, 3.8) is 0 Å². The van der Waals surface area contributed by atoms with E-state index in [1.807, 2.05) is 48.5 Å². The summed E-state index contributed by atoms with van der Waals surface area (Å²) in [6.07, 6.45) is 1.99. The van der Waals surface area contributed by atoms with Crippen molar-refractivity contribution in [1.82, 2.24) is 0 Å². The number of phenols is 2. The minimum absolute atomic E-state index is 0.0311. The molecule has 0 heterocycles. The average Bonchev–Trinajstić information content (AvgIpc) is 2.88. The van der Waals surface area contributed by atoms with Gasteiger partial charge in [0.15, 0.2) is 0 Å². The number of aromatic hydroxyl groups is 2. The largest absolute Gasteiger partial charge is 0.501 e. The summed E-state index contributed by atoms with van der Waals surface area (Å²) in [5, 5.41) is 22.1. The fourth-order valence-electron chi connectivity index (χ4n) is 3.80. The maximum atomic E-state index is 11.0. The summed E-state index contributed by atoms with van der Waals surface area (Å²) in [4.78, 5) is 0. The van der Waals surface area contributed by atoms with Crippen LogP contribution >= 0.6 is 0 Å². The van der Waals surface area contributed by atoms with E-state index in [2.05, 4.69) is 41.5 Å². The van der Waals surface area contributed by atoms with Crippen molar-refractivity contribution in [3.8, 4) is 46.0 Å². The molecule has 0 aromatic heterocycles. The number of methoxy groups -OCH3 is 2. The third-order valence-corrected chi connectivity index (χ3v) is 7.16. The van der Waals surface area contributed by atoms with Gasteiger partial charge in [0.05, 0.1) is 14.2 Å². The molecule has 0 atom stereocenters. The molecule has 0 aliphatic heterocycles. The summed E-state index contributed by atoms with van der Waals surface area (Å²) in [6, 6.07) is 15.2. The van der Waals surface area contributed by atoms with E-state index in [1.165, 1.54) is 25.3 Å². The number of hydrogen-bond acceptors (Lipinski definition) is 6. The Morgan fingerprint density at radius 3 is 1.11 bits per heavy atom. The molecular weight excluding hydrogens is 456 g/mol. The Morgan fingerprint density at radius 2 is 0.861 bits per heavy atom. The highest BCUT2D eigenvalue weighted by atomic mass is 16.5. The summed E-state index contributed by atoms with van der Waals surface area (Å²) in [6.45, 7) is 13.0. The number of benzene rings is 3. The Kier molecular flexibility index (Phi) is 7.97. The lowest BCUT2D eigenvalue weighted by Gasteiger charge is -2.24. The molecule has 0 radical (unpaired) electrons. The molecule has 0 fully saturated rings. The molecule has 3 rings (SSSR count). The molecule has 0 aliphatic rings. The maximum Gasteiger partial charge on any atom is 0.218 e. The van der Waals surface area contributed by atoms with Crippen LogP contribution in [0.2, 0.25) is 0 Å². The van der Waals surface area contributed by atoms with Gasteiger partial charge < -0.3 is 29.2 Å². The van der Waals surface area contributed by atoms with Crippen LogP contribution in [-0.4, -0.2) is 24.4 Å². The molecule has 0 unspecified atom stereocenters. The summed E-state index contributed by atoms with van der Waals surface area (Å²) in [5.41, 5.74) is 2.41. The van der Waals surface area contributed by atoms with Crippen molar-refractivity contribution in [2.24, 2.45) is 0 Å². The van der Waals surface area contributed by atoms with Gasteiger partial charge in [0, 0.05) is 0 Å². The van der Waals surface area contributed by atoms with Gasteiger partial charge in [-0.2, -0.15) is 0 Å². The van der Waals surface area contributed by atoms with Crippen LogP contribution in [0, 0.1) is 0 Å². The third kappa shape index (κ3) is 5.32. The monoisotopic (exact) mass is 494 g/mol. The minimum Gasteiger partial charge on any atom is -0.501 e. The van der Waals surface area contributed by atoms with Crippen molar-refractivity contribution in [1.29, 1.82) is 0 Å². The van der Waals surface area contributed by atoms with Crippen molar-refractivity contribution in [2.75, 3.05) is 14.2 Å². The minimum atomic E-state index is -0.344. The highest BCUT2D eigenvalue weighted by molar-refractivity contribution is 5.73. The zero-order chi connectivity index (χ0) is 26.7. The van der Waals surface area contributed by atoms with E-state index in [1.54, 1.807) is 0 Å². The van der Waals surface area contributed by atoms with Gasteiger partial charge in [0.2, 0.25) is 34.5 Å². The van der Waals surface area contributed by atoms with E-state index in [-0.39, 0.29) is 45.3 Å². The van der Waals surface area contributed by atoms with Crippen LogP contribution in [0.25, 0.3) is 0 Å². The number of hydrogen-bond donors (Lipinski definition) is 2. The van der Waals surface area contributed by atoms with Crippen LogP contribution in [0.15, 0.2) is 48.5 Å². The lowest BCUT2D eigenvalue weighted by molar-refractivity contribution is 0.296. The van der Waals surface area contributed by atoms with E-state index in [0.29, 0.717) is 11.5 Å². The molecule has 0 saturated heterocycles. The molecule has 0 saturated carbocycles. The molecule has 0 spiro atoms. The van der Waals surface area contributed by atoms with Crippen molar-refractivity contribution in [3.05, 3.63) is 59.7 Å². The number of ether oxygens (including phenoxy) is 4. The van der Waals surface area contributed by atoms with Crippen LogP contribution in [0.3, 0.4) is 0 Å². The third-order valence-electron chi connectivity index (χ3n) is 7.16. The molecule has 6 nitrogen and oxygen atoms in total. The molecular formula is C30H38O6. The van der Waals surface area contributed by atoms with Crippen LogP contribution in [0.1, 0.15) is 65.5 Å². The fraction of sp³-hybridized carbons (Fsp3) is 0.400. The van der Waals surface area contributed by atoms with E-state index in [0.717, 1.165) is 12.8 Å². The average molecular weight is 495 g/mol. The van der Waals surface area contributed by atoms with E-state index in [4.69, 9.17) is 18.9 Å². The Balaban J connectivity index is 1.98. The molecule has 0 aliphatic carbocycles. The molecule has 3 aromatic carbocycles.